The molecule has 27 nitrogen and oxygen atoms in total. The van der Waals surface area contributed by atoms with Crippen LogP contribution in [-0.4, -0.2) is 139 Å². The Kier molecular flexibility index (Phi) is 17.5. The quantitative estimate of drug-likeness (QED) is 0.0334. The van der Waals surface area contributed by atoms with Gasteiger partial charge >= 0.3 is 0 Å². The number of piperidine rings is 3. The second-order valence-corrected chi connectivity index (χ2v) is 17.1. The number of carbonyl (C=O) groups is 15. The Labute approximate surface area is 435 Å². The van der Waals surface area contributed by atoms with Crippen molar-refractivity contribution in [2.24, 2.45) is 5.11 Å². The lowest BCUT2D eigenvalue weighted by molar-refractivity contribution is -0.137. The fourth-order valence-corrected chi connectivity index (χ4v) is 8.32. The van der Waals surface area contributed by atoms with Crippen LogP contribution in [0.25, 0.3) is 10.4 Å². The van der Waals surface area contributed by atoms with Crippen molar-refractivity contribution >= 4 is 140 Å². The van der Waals surface area contributed by atoms with E-state index in [0.717, 1.165) is 14.7 Å². The Morgan fingerprint density at radius 1 is 0.560 bits per heavy atom. The van der Waals surface area contributed by atoms with Crippen LogP contribution in [0.1, 0.15) is 101 Å². The molecule has 0 radical (unpaired) electrons. The maximum atomic E-state index is 12.8. The molecule has 6 aliphatic rings. The van der Waals surface area contributed by atoms with Crippen LogP contribution in [0, 0.1) is 0 Å². The molecule has 9 rings (SSSR count). The van der Waals surface area contributed by atoms with Crippen molar-refractivity contribution in [2.45, 2.75) is 56.7 Å². The lowest BCUT2D eigenvalue weighted by atomic mass is 10.0. The number of benzene rings is 3. The van der Waals surface area contributed by atoms with Gasteiger partial charge in [-0.05, 0) is 72.8 Å². The Morgan fingerprint density at radius 2 is 0.907 bits per heavy atom. The molecule has 3 fully saturated rings. The van der Waals surface area contributed by atoms with Gasteiger partial charge in [-0.1, -0.05) is 23.3 Å². The first kappa shape index (κ1) is 55.4. The summed E-state index contributed by atoms with van der Waals surface area (Å²) in [7, 11) is 0. The summed E-state index contributed by atoms with van der Waals surface area (Å²) in [6.45, 7) is -0.473. The van der Waals surface area contributed by atoms with Gasteiger partial charge in [0.1, 0.15) is 30.6 Å². The first-order valence-corrected chi connectivity index (χ1v) is 23.3. The smallest absolute Gasteiger partial charge is 0.264 e. The Hall–Kier alpha value is -8.91. The molecule has 7 N–H and O–H groups in total. The van der Waals surface area contributed by atoms with Crippen LogP contribution in [0.2, 0.25) is 0 Å². The van der Waals surface area contributed by atoms with Crippen molar-refractivity contribution in [1.29, 1.82) is 0 Å². The molecule has 0 saturated carbocycles. The topological polar surface area (TPSA) is 401 Å². The maximum Gasteiger partial charge on any atom is 0.264 e. The molecular formula is C45H37Cl3N12O15. The van der Waals surface area contributed by atoms with Gasteiger partial charge in [0.15, 0.2) is 0 Å². The van der Waals surface area contributed by atoms with E-state index in [1.54, 1.807) is 6.07 Å². The number of azide groups is 1. The lowest BCUT2D eigenvalue weighted by Gasteiger charge is -2.27. The first-order chi connectivity index (χ1) is 35.6. The number of rotatable bonds is 9. The highest BCUT2D eigenvalue weighted by Crippen LogP contribution is 2.35. The normalized spacial score (nSPS) is 19.3. The van der Waals surface area contributed by atoms with E-state index < -0.39 is 113 Å². The Balaban J connectivity index is 0.000000176. The minimum Gasteiger partial charge on any atom is -0.398 e. The van der Waals surface area contributed by atoms with Gasteiger partial charge < -0.3 is 16.4 Å². The molecular weight excluding hydrogens is 1050 g/mol. The minimum absolute atomic E-state index is 0.0135. The number of nitrogens with two attached hydrogens (primary N) is 1. The molecule has 0 aliphatic carbocycles. The zero-order valence-corrected chi connectivity index (χ0v) is 40.6. The number of amides is 14. The van der Waals surface area contributed by atoms with Gasteiger partial charge in [0, 0.05) is 29.9 Å². The number of nitrogens with zero attached hydrogens (tertiary/aromatic N) is 6. The van der Waals surface area contributed by atoms with Crippen molar-refractivity contribution < 1.29 is 71.9 Å². The number of alkyl halides is 2. The molecule has 30 heteroatoms. The van der Waals surface area contributed by atoms with E-state index >= 15 is 0 Å². The fraction of sp³-hybridized carbons (Fsp3) is 0.267. The summed E-state index contributed by atoms with van der Waals surface area (Å²) in [4.78, 5) is 182. The molecule has 0 aromatic heterocycles. The van der Waals surface area contributed by atoms with Gasteiger partial charge in [0.25, 0.3) is 35.4 Å². The molecule has 3 saturated heterocycles. The highest BCUT2D eigenvalue weighted by atomic mass is 35.5. The summed E-state index contributed by atoms with van der Waals surface area (Å²) in [5.74, 6) is -8.79. The lowest BCUT2D eigenvalue weighted by Crippen LogP contribution is -2.54. The van der Waals surface area contributed by atoms with E-state index in [2.05, 4.69) is 36.6 Å². The van der Waals surface area contributed by atoms with E-state index in [9.17, 15) is 71.9 Å². The molecule has 75 heavy (non-hydrogen) atoms. The number of imide groups is 6. The summed E-state index contributed by atoms with van der Waals surface area (Å²) in [5, 5.41) is 13.8. The minimum atomic E-state index is -1.09. The average Bonchev–Trinajstić information content (AvgIpc) is 3.89. The van der Waals surface area contributed by atoms with Crippen LogP contribution in [0.5, 0.6) is 0 Å². The number of nitrogens with one attached hydrogen (secondary N) is 5. The summed E-state index contributed by atoms with van der Waals surface area (Å²) < 4.78 is 0. The van der Waals surface area contributed by atoms with Crippen LogP contribution in [0.15, 0.2) is 59.7 Å². The predicted octanol–water partition coefficient (Wildman–Crippen LogP) is 1.26. The Morgan fingerprint density at radius 3 is 1.24 bits per heavy atom. The monoisotopic (exact) mass is 1090 g/mol. The number of anilines is 3. The number of carbonyl (C=O) groups excluding carboxylic acids is 15. The number of hydrogen-bond acceptors (Lipinski definition) is 17. The van der Waals surface area contributed by atoms with Crippen molar-refractivity contribution in [3.05, 3.63) is 98.4 Å². The van der Waals surface area contributed by atoms with Crippen LogP contribution in [0.3, 0.4) is 0 Å². The summed E-state index contributed by atoms with van der Waals surface area (Å²) >= 11 is 15.0. The third-order valence-electron chi connectivity index (χ3n) is 11.5. The highest BCUT2D eigenvalue weighted by molar-refractivity contribution is 6.67. The second kappa shape index (κ2) is 23.8. The van der Waals surface area contributed by atoms with E-state index in [-0.39, 0.29) is 101 Å². The molecule has 3 aromatic carbocycles. The van der Waals surface area contributed by atoms with Gasteiger partial charge in [-0.25, -0.2) is 0 Å². The summed E-state index contributed by atoms with van der Waals surface area (Å²) in [5.41, 5.74) is 14.8. The van der Waals surface area contributed by atoms with Crippen LogP contribution in [-0.2, 0) is 43.2 Å². The van der Waals surface area contributed by atoms with E-state index in [4.69, 9.17) is 46.1 Å². The third-order valence-corrected chi connectivity index (χ3v) is 12.2. The number of halogens is 3. The third kappa shape index (κ3) is 11.8. The number of hydrogen-bond donors (Lipinski definition) is 6. The maximum absolute atomic E-state index is 12.8. The molecule has 6 heterocycles. The highest BCUT2D eigenvalue weighted by Gasteiger charge is 2.48. The molecule has 6 aliphatic heterocycles. The summed E-state index contributed by atoms with van der Waals surface area (Å²) in [6, 6.07) is 10.2. The van der Waals surface area contributed by atoms with Gasteiger partial charge in [0.05, 0.1) is 50.6 Å². The largest absolute Gasteiger partial charge is 0.398 e. The van der Waals surface area contributed by atoms with Gasteiger partial charge in [-0.15, -0.1) is 23.2 Å². The zero-order valence-electron chi connectivity index (χ0n) is 38.3. The molecule has 3 unspecified atom stereocenters. The average molecular weight is 1090 g/mol. The van der Waals surface area contributed by atoms with Crippen LogP contribution < -0.4 is 32.3 Å². The Bertz CT molecular complexity index is 3120. The van der Waals surface area contributed by atoms with Crippen LogP contribution in [0.4, 0.5) is 17.1 Å². The second-order valence-electron chi connectivity index (χ2n) is 16.2. The molecule has 14 amide bonds. The summed E-state index contributed by atoms with van der Waals surface area (Å²) in [6.07, 6.45) is 0.392. The van der Waals surface area contributed by atoms with E-state index in [1.165, 1.54) is 48.5 Å². The first-order valence-electron chi connectivity index (χ1n) is 21.9. The van der Waals surface area contributed by atoms with Gasteiger partial charge in [0.2, 0.25) is 52.5 Å². The molecule has 0 bridgehead atoms. The molecule has 3 aromatic rings. The number of fused-ring (bicyclic) bond motifs is 3. The van der Waals surface area contributed by atoms with Crippen molar-refractivity contribution in [2.75, 3.05) is 34.7 Å². The van der Waals surface area contributed by atoms with Gasteiger partial charge in [-0.3, -0.25) is 103 Å². The van der Waals surface area contributed by atoms with Crippen molar-refractivity contribution in [1.82, 2.24) is 30.7 Å². The standard InChI is InChI=1S/C15H12ClN3O5.C15H12N6O5.C13H11N3O4.C2H2Cl2O/c16-6-11(21)17-8-3-1-2-7-12(8)15(24)19(14(7)23)9-4-5-10(20)18-13(9)22;16-20-17-6-11(23)18-8-3-1-2-7-12(8)15(26)21(14(7)25)9-4-5-10(22)19-13(9)24;14-7-3-1-2-6-10(7)13(20)16(12(6)19)8-4-5-9(17)15-11(8)18;3-1-2(4)5/h1-3,9H,4-6H2,(H,17,21)(H,18,20,22);1-3,9H,4-6H2,(H,18,23)(H,19,22,24);1-3,8H,4-5,14H2,(H,15,17,18);1H2. The van der Waals surface area contributed by atoms with E-state index in [0.29, 0.717) is 0 Å². The fourth-order valence-electron chi connectivity index (χ4n) is 8.25. The molecule has 0 spiro atoms. The van der Waals surface area contributed by atoms with E-state index in [1.807, 2.05) is 0 Å². The SMILES string of the molecule is Nc1cccc2c1C(=O)N(C1CCC(=O)NC1=O)C2=O.O=C(Cl)CCl.O=C1CCC(N2C(=O)c3cccc(NC(=O)CCl)c3C2=O)C(=O)N1.[N-]=[N+]=NCC(=O)Nc1cccc2c1C(=O)N(C1CCC(=O)NC1=O)C2=O. The number of nitrogen functional groups attached to an aromatic ring is 1. The van der Waals surface area contributed by atoms with Gasteiger partial charge in [-0.2, -0.15) is 0 Å². The van der Waals surface area contributed by atoms with Crippen molar-refractivity contribution in [3.8, 4) is 0 Å². The predicted molar refractivity (Wildman–Crippen MR) is 257 cm³/mol. The zero-order chi connectivity index (χ0) is 55.0. The molecule has 388 valence electrons. The van der Waals surface area contributed by atoms with Crippen molar-refractivity contribution in [3.63, 3.8) is 0 Å². The van der Waals surface area contributed by atoms with Crippen LogP contribution >= 0.6 is 34.8 Å². The molecule has 3 atom stereocenters.